The van der Waals surface area contributed by atoms with Gasteiger partial charge in [0.2, 0.25) is 0 Å². The van der Waals surface area contributed by atoms with E-state index in [1.165, 1.54) is 5.56 Å². The van der Waals surface area contributed by atoms with Gasteiger partial charge in [0.25, 0.3) is 0 Å². The van der Waals surface area contributed by atoms with Crippen LogP contribution in [0.25, 0.3) is 0 Å². The molecule has 3 nitrogen and oxygen atoms in total. The molecule has 3 heteroatoms. The number of hydrogen-bond donors (Lipinski definition) is 0. The van der Waals surface area contributed by atoms with Gasteiger partial charge in [-0.3, -0.25) is 9.78 Å². The van der Waals surface area contributed by atoms with Crippen LogP contribution in [-0.4, -0.2) is 17.4 Å². The number of carbonyl (C=O) groups excluding carboxylic acids is 1. The number of ketones is 1. The summed E-state index contributed by atoms with van der Waals surface area (Å²) >= 11 is 0. The van der Waals surface area contributed by atoms with Gasteiger partial charge >= 0.3 is 0 Å². The van der Waals surface area contributed by atoms with Crippen LogP contribution in [0.4, 0.5) is 0 Å². The monoisotopic (exact) mass is 219 g/mol. The number of nitrogens with zero attached hydrogens (tertiary/aromatic N) is 1. The van der Waals surface area contributed by atoms with Gasteiger partial charge in [-0.15, -0.1) is 0 Å². The van der Waals surface area contributed by atoms with Crippen molar-refractivity contribution in [2.24, 2.45) is 0 Å². The molecule has 0 spiro atoms. The molecule has 0 aliphatic heterocycles. The Balaban J connectivity index is 2.08. The molecule has 86 valence electrons. The first-order valence-corrected chi connectivity index (χ1v) is 5.89. The van der Waals surface area contributed by atoms with E-state index in [9.17, 15) is 4.79 Å². The summed E-state index contributed by atoms with van der Waals surface area (Å²) in [6, 6.07) is 2.05. The molecule has 0 amide bonds. The minimum Gasteiger partial charge on any atom is -0.492 e. The largest absolute Gasteiger partial charge is 0.492 e. The molecule has 0 aromatic carbocycles. The van der Waals surface area contributed by atoms with Crippen LogP contribution >= 0.6 is 0 Å². The summed E-state index contributed by atoms with van der Waals surface area (Å²) in [5.41, 5.74) is 1.21. The van der Waals surface area contributed by atoms with Gasteiger partial charge in [0.15, 0.2) is 0 Å². The first-order chi connectivity index (χ1) is 7.79. The molecule has 1 aromatic rings. The summed E-state index contributed by atoms with van der Waals surface area (Å²) in [5.74, 6) is 1.70. The summed E-state index contributed by atoms with van der Waals surface area (Å²) in [5, 5.41) is 0. The maximum absolute atomic E-state index is 11.2. The van der Waals surface area contributed by atoms with E-state index in [-0.39, 0.29) is 0 Å². The van der Waals surface area contributed by atoms with E-state index >= 15 is 0 Å². The Morgan fingerprint density at radius 1 is 1.38 bits per heavy atom. The molecule has 1 aromatic heterocycles. The zero-order valence-electron chi connectivity index (χ0n) is 9.61. The number of carbonyl (C=O) groups is 1. The fourth-order valence-electron chi connectivity index (χ4n) is 2.18. The van der Waals surface area contributed by atoms with Crippen molar-refractivity contribution in [3.8, 4) is 5.75 Å². The Hall–Kier alpha value is -1.38. The zero-order valence-corrected chi connectivity index (χ0v) is 9.61. The van der Waals surface area contributed by atoms with E-state index in [4.69, 9.17) is 4.74 Å². The molecule has 2 rings (SSSR count). The second-order valence-electron chi connectivity index (χ2n) is 4.20. The molecule has 16 heavy (non-hydrogen) atoms. The highest BCUT2D eigenvalue weighted by atomic mass is 16.5. The highest BCUT2D eigenvalue weighted by Crippen LogP contribution is 2.32. The summed E-state index contributed by atoms with van der Waals surface area (Å²) in [6.45, 7) is 2.63. The van der Waals surface area contributed by atoms with Crippen LogP contribution in [0.15, 0.2) is 18.5 Å². The molecule has 0 bridgehead atoms. The third-order valence-electron chi connectivity index (χ3n) is 3.06. The van der Waals surface area contributed by atoms with Crippen LogP contribution in [-0.2, 0) is 4.79 Å². The SMILES string of the molecule is CCOc1cncc(C2CCC(=O)CC2)c1. The van der Waals surface area contributed by atoms with Crippen LogP contribution in [0.5, 0.6) is 5.75 Å². The second-order valence-corrected chi connectivity index (χ2v) is 4.20. The molecular formula is C13H17NO2. The molecule has 1 aliphatic carbocycles. The quantitative estimate of drug-likeness (QED) is 0.784. The van der Waals surface area contributed by atoms with Gasteiger partial charge in [0, 0.05) is 19.0 Å². The zero-order chi connectivity index (χ0) is 11.4. The summed E-state index contributed by atoms with van der Waals surface area (Å²) in [4.78, 5) is 15.4. The molecule has 1 heterocycles. The Morgan fingerprint density at radius 2 is 2.12 bits per heavy atom. The van der Waals surface area contributed by atoms with Crippen LogP contribution in [0, 0.1) is 0 Å². The molecule has 0 radical (unpaired) electrons. The van der Waals surface area contributed by atoms with Crippen molar-refractivity contribution in [2.45, 2.75) is 38.5 Å². The van der Waals surface area contributed by atoms with Crippen molar-refractivity contribution in [2.75, 3.05) is 6.61 Å². The molecule has 1 aliphatic rings. The average molecular weight is 219 g/mol. The molecule has 1 saturated carbocycles. The Morgan fingerprint density at radius 3 is 2.81 bits per heavy atom. The number of ether oxygens (including phenoxy) is 1. The molecule has 1 fully saturated rings. The highest BCUT2D eigenvalue weighted by molar-refractivity contribution is 5.79. The maximum Gasteiger partial charge on any atom is 0.137 e. The van der Waals surface area contributed by atoms with Gasteiger partial charge in [-0.1, -0.05) is 0 Å². The maximum atomic E-state index is 11.2. The van der Waals surface area contributed by atoms with Gasteiger partial charge in [-0.25, -0.2) is 0 Å². The summed E-state index contributed by atoms with van der Waals surface area (Å²) in [6.07, 6.45) is 6.96. The van der Waals surface area contributed by atoms with Gasteiger partial charge in [-0.2, -0.15) is 0 Å². The third-order valence-corrected chi connectivity index (χ3v) is 3.06. The van der Waals surface area contributed by atoms with Crippen molar-refractivity contribution in [1.29, 1.82) is 0 Å². The Bertz CT molecular complexity index is 366. The van der Waals surface area contributed by atoms with Gasteiger partial charge in [0.1, 0.15) is 11.5 Å². The first-order valence-electron chi connectivity index (χ1n) is 5.89. The van der Waals surface area contributed by atoms with E-state index in [2.05, 4.69) is 11.1 Å². The minimum absolute atomic E-state index is 0.394. The van der Waals surface area contributed by atoms with Gasteiger partial charge in [0.05, 0.1) is 12.8 Å². The number of pyridine rings is 1. The van der Waals surface area contributed by atoms with Crippen molar-refractivity contribution in [3.05, 3.63) is 24.0 Å². The lowest BCUT2D eigenvalue weighted by Gasteiger charge is -2.21. The fourth-order valence-corrected chi connectivity index (χ4v) is 2.18. The molecule has 0 saturated heterocycles. The summed E-state index contributed by atoms with van der Waals surface area (Å²) in [7, 11) is 0. The smallest absolute Gasteiger partial charge is 0.137 e. The first kappa shape index (κ1) is 11.1. The second kappa shape index (κ2) is 5.10. The third kappa shape index (κ3) is 2.60. The standard InChI is InChI=1S/C13H17NO2/c1-2-16-13-7-11(8-14-9-13)10-3-5-12(15)6-4-10/h7-10H,2-6H2,1H3. The predicted molar refractivity (Wildman–Crippen MR) is 61.6 cm³/mol. The molecule has 0 unspecified atom stereocenters. The highest BCUT2D eigenvalue weighted by Gasteiger charge is 2.20. The molecule has 0 N–H and O–H groups in total. The molecular weight excluding hydrogens is 202 g/mol. The van der Waals surface area contributed by atoms with E-state index in [0.29, 0.717) is 31.1 Å². The normalized spacial score (nSPS) is 17.4. The van der Waals surface area contributed by atoms with Crippen LogP contribution in [0.1, 0.15) is 44.1 Å². The lowest BCUT2D eigenvalue weighted by atomic mass is 9.84. The van der Waals surface area contributed by atoms with E-state index in [1.807, 2.05) is 13.1 Å². The predicted octanol–water partition coefficient (Wildman–Crippen LogP) is 2.71. The van der Waals surface area contributed by atoms with Gasteiger partial charge < -0.3 is 4.74 Å². The van der Waals surface area contributed by atoms with Crippen LogP contribution < -0.4 is 4.74 Å². The number of rotatable bonds is 3. The Labute approximate surface area is 95.8 Å². The summed E-state index contributed by atoms with van der Waals surface area (Å²) < 4.78 is 5.43. The van der Waals surface area contributed by atoms with Gasteiger partial charge in [-0.05, 0) is 37.3 Å². The van der Waals surface area contributed by atoms with E-state index in [0.717, 1.165) is 18.6 Å². The number of Topliss-reactive ketones (excluding diaryl/α,β-unsaturated/α-hetero) is 1. The Kier molecular flexibility index (Phi) is 3.54. The molecule has 0 atom stereocenters. The van der Waals surface area contributed by atoms with Crippen molar-refractivity contribution >= 4 is 5.78 Å². The number of aromatic nitrogens is 1. The van der Waals surface area contributed by atoms with Crippen molar-refractivity contribution in [3.63, 3.8) is 0 Å². The number of hydrogen-bond acceptors (Lipinski definition) is 3. The van der Waals surface area contributed by atoms with Crippen LogP contribution in [0.2, 0.25) is 0 Å². The lowest BCUT2D eigenvalue weighted by molar-refractivity contribution is -0.120. The topological polar surface area (TPSA) is 39.2 Å². The van der Waals surface area contributed by atoms with Crippen molar-refractivity contribution in [1.82, 2.24) is 4.98 Å². The average Bonchev–Trinajstić information content (AvgIpc) is 2.31. The van der Waals surface area contributed by atoms with Crippen LogP contribution in [0.3, 0.4) is 0 Å². The lowest BCUT2D eigenvalue weighted by Crippen LogP contribution is -2.12. The van der Waals surface area contributed by atoms with E-state index in [1.54, 1.807) is 6.20 Å². The minimum atomic E-state index is 0.394. The van der Waals surface area contributed by atoms with Crippen molar-refractivity contribution < 1.29 is 9.53 Å². The van der Waals surface area contributed by atoms with E-state index < -0.39 is 0 Å². The fraction of sp³-hybridized carbons (Fsp3) is 0.538.